The Morgan fingerprint density at radius 1 is 1.24 bits per heavy atom. The third kappa shape index (κ3) is 6.49. The van der Waals surface area contributed by atoms with Crippen molar-refractivity contribution >= 4 is 29.3 Å². The second-order valence-electron chi connectivity index (χ2n) is 6.00. The van der Waals surface area contributed by atoms with Gasteiger partial charge in [0.1, 0.15) is 0 Å². The highest BCUT2D eigenvalue weighted by Crippen LogP contribution is 2.28. The molecule has 1 atom stereocenters. The average molecular weight is 313 g/mol. The number of carbonyl (C=O) groups is 2. The Morgan fingerprint density at radius 3 is 2.29 bits per heavy atom. The summed E-state index contributed by atoms with van der Waals surface area (Å²) in [7, 11) is 0. The van der Waals surface area contributed by atoms with Gasteiger partial charge in [-0.2, -0.15) is 0 Å². The van der Waals surface area contributed by atoms with E-state index in [-0.39, 0.29) is 23.8 Å². The summed E-state index contributed by atoms with van der Waals surface area (Å²) in [6, 6.07) is 6.39. The molecule has 1 aromatic carbocycles. The van der Waals surface area contributed by atoms with Gasteiger partial charge in [-0.25, -0.2) is 4.79 Å². The van der Waals surface area contributed by atoms with E-state index in [1.165, 1.54) is 0 Å². The molecule has 5 nitrogen and oxygen atoms in total. The van der Waals surface area contributed by atoms with Gasteiger partial charge in [-0.1, -0.05) is 32.4 Å². The van der Waals surface area contributed by atoms with Crippen LogP contribution in [0.4, 0.5) is 10.5 Å². The third-order valence-corrected chi connectivity index (χ3v) is 3.51. The van der Waals surface area contributed by atoms with E-state index in [0.29, 0.717) is 17.3 Å². The van der Waals surface area contributed by atoms with Gasteiger partial charge in [-0.3, -0.25) is 4.79 Å². The number of hydrogen-bond donors (Lipinski definition) is 3. The molecular weight excluding hydrogens is 292 g/mol. The lowest BCUT2D eigenvalue weighted by Gasteiger charge is -2.29. The summed E-state index contributed by atoms with van der Waals surface area (Å²) in [5.41, 5.74) is 0.425. The van der Waals surface area contributed by atoms with Crippen molar-refractivity contribution in [2.24, 2.45) is 11.3 Å². The molecule has 0 saturated heterocycles. The molecule has 1 aromatic rings. The van der Waals surface area contributed by atoms with Crippen LogP contribution in [-0.4, -0.2) is 23.7 Å². The predicted molar refractivity (Wildman–Crippen MR) is 83.7 cm³/mol. The fraction of sp³-hybridized carbons (Fsp3) is 0.467. The summed E-state index contributed by atoms with van der Waals surface area (Å²) in [4.78, 5) is 22.7. The van der Waals surface area contributed by atoms with E-state index >= 15 is 0 Å². The number of carboxylic acid groups (broad SMARTS) is 1. The topological polar surface area (TPSA) is 78.4 Å². The summed E-state index contributed by atoms with van der Waals surface area (Å²) in [5, 5.41) is 14.9. The van der Waals surface area contributed by atoms with Crippen LogP contribution in [0.5, 0.6) is 0 Å². The van der Waals surface area contributed by atoms with Crippen LogP contribution in [0.25, 0.3) is 0 Å². The van der Waals surface area contributed by atoms with Gasteiger partial charge in [0.25, 0.3) is 0 Å². The van der Waals surface area contributed by atoms with E-state index in [0.717, 1.165) is 0 Å². The van der Waals surface area contributed by atoms with E-state index in [2.05, 4.69) is 10.6 Å². The van der Waals surface area contributed by atoms with Gasteiger partial charge >= 0.3 is 12.0 Å². The zero-order chi connectivity index (χ0) is 16.0. The molecule has 6 heteroatoms. The predicted octanol–water partition coefficient (Wildman–Crippen LogP) is 3.60. The van der Waals surface area contributed by atoms with E-state index in [1.807, 2.05) is 20.8 Å². The van der Waals surface area contributed by atoms with E-state index in [9.17, 15) is 9.59 Å². The van der Waals surface area contributed by atoms with Crippen LogP contribution in [0.2, 0.25) is 5.02 Å². The smallest absolute Gasteiger partial charge is 0.319 e. The van der Waals surface area contributed by atoms with Crippen molar-refractivity contribution in [1.82, 2.24) is 5.32 Å². The van der Waals surface area contributed by atoms with E-state index in [1.54, 1.807) is 24.3 Å². The fourth-order valence-electron chi connectivity index (χ4n) is 1.82. The van der Waals surface area contributed by atoms with E-state index < -0.39 is 5.97 Å². The Bertz CT molecular complexity index is 495. The molecule has 0 aliphatic heterocycles. The molecule has 0 heterocycles. The lowest BCUT2D eigenvalue weighted by atomic mass is 9.79. The number of rotatable bonds is 5. The largest absolute Gasteiger partial charge is 0.481 e. The molecular formula is C15H21ClN2O3. The minimum atomic E-state index is -0.866. The van der Waals surface area contributed by atoms with Crippen LogP contribution in [0.15, 0.2) is 24.3 Å². The highest BCUT2D eigenvalue weighted by atomic mass is 35.5. The van der Waals surface area contributed by atoms with Crippen LogP contribution in [0, 0.1) is 11.3 Å². The molecule has 0 radical (unpaired) electrons. The Labute approximate surface area is 129 Å². The van der Waals surface area contributed by atoms with Crippen LogP contribution >= 0.6 is 11.6 Å². The van der Waals surface area contributed by atoms with Crippen LogP contribution in [0.1, 0.15) is 27.2 Å². The maximum Gasteiger partial charge on any atom is 0.319 e. The summed E-state index contributed by atoms with van der Waals surface area (Å²) in [5.74, 6) is -1.01. The Morgan fingerprint density at radius 2 is 1.81 bits per heavy atom. The molecule has 3 N–H and O–H groups in total. The van der Waals surface area contributed by atoms with Crippen LogP contribution in [-0.2, 0) is 4.79 Å². The number of hydrogen-bond acceptors (Lipinski definition) is 2. The highest BCUT2D eigenvalue weighted by molar-refractivity contribution is 6.30. The lowest BCUT2D eigenvalue weighted by molar-refractivity contribution is -0.139. The van der Waals surface area contributed by atoms with Crippen molar-refractivity contribution in [2.45, 2.75) is 27.2 Å². The molecule has 2 amide bonds. The SMILES string of the molecule is CC(C)(C)C(CNC(=O)Nc1ccc(Cl)cc1)CC(=O)O. The number of carboxylic acids is 1. The minimum Gasteiger partial charge on any atom is -0.481 e. The highest BCUT2D eigenvalue weighted by Gasteiger charge is 2.27. The van der Waals surface area contributed by atoms with Gasteiger partial charge in [-0.05, 0) is 35.6 Å². The average Bonchev–Trinajstić information content (AvgIpc) is 2.35. The number of anilines is 1. The fourth-order valence-corrected chi connectivity index (χ4v) is 1.95. The first-order chi connectivity index (χ1) is 9.68. The molecule has 0 bridgehead atoms. The quantitative estimate of drug-likeness (QED) is 0.777. The van der Waals surface area contributed by atoms with Crippen molar-refractivity contribution in [2.75, 3.05) is 11.9 Å². The molecule has 1 rings (SSSR count). The summed E-state index contributed by atoms with van der Waals surface area (Å²) >= 11 is 5.77. The monoisotopic (exact) mass is 312 g/mol. The molecule has 0 aromatic heterocycles. The Balaban J connectivity index is 2.53. The van der Waals surface area contributed by atoms with Crippen molar-refractivity contribution in [3.8, 4) is 0 Å². The van der Waals surface area contributed by atoms with Crippen molar-refractivity contribution < 1.29 is 14.7 Å². The molecule has 116 valence electrons. The Kier molecular flexibility index (Phi) is 6.03. The normalized spacial score (nSPS) is 12.6. The van der Waals surface area contributed by atoms with Crippen molar-refractivity contribution in [3.05, 3.63) is 29.3 Å². The first-order valence-corrected chi connectivity index (χ1v) is 7.08. The van der Waals surface area contributed by atoms with Crippen LogP contribution < -0.4 is 10.6 Å². The van der Waals surface area contributed by atoms with Gasteiger partial charge in [0.15, 0.2) is 0 Å². The Hall–Kier alpha value is -1.75. The number of amides is 2. The number of aliphatic carboxylic acids is 1. The molecule has 0 aliphatic carbocycles. The van der Waals surface area contributed by atoms with Gasteiger partial charge in [0.2, 0.25) is 0 Å². The lowest BCUT2D eigenvalue weighted by Crippen LogP contribution is -2.38. The van der Waals surface area contributed by atoms with Gasteiger partial charge in [0.05, 0.1) is 6.42 Å². The zero-order valence-electron chi connectivity index (χ0n) is 12.4. The standard InChI is InChI=1S/C15H21ClN2O3/c1-15(2,3)10(8-13(19)20)9-17-14(21)18-12-6-4-11(16)5-7-12/h4-7,10H,8-9H2,1-3H3,(H,19,20)(H2,17,18,21). The summed E-state index contributed by atoms with van der Waals surface area (Å²) in [6.45, 7) is 6.17. The molecule has 21 heavy (non-hydrogen) atoms. The number of carbonyl (C=O) groups excluding carboxylic acids is 1. The summed E-state index contributed by atoms with van der Waals surface area (Å²) < 4.78 is 0. The zero-order valence-corrected chi connectivity index (χ0v) is 13.2. The van der Waals surface area contributed by atoms with Gasteiger partial charge < -0.3 is 15.7 Å². The first kappa shape index (κ1) is 17.3. The van der Waals surface area contributed by atoms with Gasteiger partial charge in [0, 0.05) is 17.3 Å². The first-order valence-electron chi connectivity index (χ1n) is 6.70. The molecule has 0 spiro atoms. The molecule has 1 unspecified atom stereocenters. The maximum atomic E-state index is 11.8. The molecule has 0 aliphatic rings. The summed E-state index contributed by atoms with van der Waals surface area (Å²) in [6.07, 6.45) is 0.0186. The van der Waals surface area contributed by atoms with Crippen molar-refractivity contribution in [1.29, 1.82) is 0 Å². The maximum absolute atomic E-state index is 11.8. The van der Waals surface area contributed by atoms with E-state index in [4.69, 9.17) is 16.7 Å². The number of nitrogens with one attached hydrogen (secondary N) is 2. The molecule has 0 fully saturated rings. The van der Waals surface area contributed by atoms with Crippen LogP contribution in [0.3, 0.4) is 0 Å². The third-order valence-electron chi connectivity index (χ3n) is 3.26. The van der Waals surface area contributed by atoms with Crippen molar-refractivity contribution in [3.63, 3.8) is 0 Å². The second-order valence-corrected chi connectivity index (χ2v) is 6.44. The number of benzene rings is 1. The number of halogens is 1. The van der Waals surface area contributed by atoms with Gasteiger partial charge in [-0.15, -0.1) is 0 Å². The number of urea groups is 1. The minimum absolute atomic E-state index is 0.0186. The molecule has 0 saturated carbocycles. The second kappa shape index (κ2) is 7.31.